The van der Waals surface area contributed by atoms with Crippen LogP contribution in [0.15, 0.2) is 18.2 Å². The van der Waals surface area contributed by atoms with Crippen LogP contribution in [0.1, 0.15) is 13.8 Å². The second kappa shape index (κ2) is 4.94. The zero-order chi connectivity index (χ0) is 12.3. The van der Waals surface area contributed by atoms with Crippen LogP contribution in [0.3, 0.4) is 0 Å². The van der Waals surface area contributed by atoms with E-state index in [1.807, 2.05) is 0 Å². The van der Waals surface area contributed by atoms with Gasteiger partial charge >= 0.3 is 0 Å². The van der Waals surface area contributed by atoms with E-state index in [-0.39, 0.29) is 28.2 Å². The molecule has 1 N–H and O–H groups in total. The Morgan fingerprint density at radius 3 is 2.62 bits per heavy atom. The number of anilines is 1. The van der Waals surface area contributed by atoms with Gasteiger partial charge in [-0.25, -0.2) is 0 Å². The maximum absolute atomic E-state index is 11.4. The van der Waals surface area contributed by atoms with E-state index in [0.717, 1.165) is 0 Å². The SMILES string of the molecule is CC(C)C(=O)Nc1ccc(Cl)cc1[N+](=O)[O-]. The highest BCUT2D eigenvalue weighted by Crippen LogP contribution is 2.27. The van der Waals surface area contributed by atoms with Gasteiger partial charge in [0.05, 0.1) is 4.92 Å². The summed E-state index contributed by atoms with van der Waals surface area (Å²) in [4.78, 5) is 21.5. The van der Waals surface area contributed by atoms with Gasteiger partial charge in [-0.3, -0.25) is 14.9 Å². The van der Waals surface area contributed by atoms with Gasteiger partial charge in [0.25, 0.3) is 5.69 Å². The van der Waals surface area contributed by atoms with Crippen molar-refractivity contribution in [1.82, 2.24) is 0 Å². The minimum atomic E-state index is -0.582. The van der Waals surface area contributed by atoms with E-state index in [9.17, 15) is 14.9 Å². The summed E-state index contributed by atoms with van der Waals surface area (Å²) >= 11 is 5.64. The van der Waals surface area contributed by atoms with Crippen LogP contribution in [0.5, 0.6) is 0 Å². The lowest BCUT2D eigenvalue weighted by Gasteiger charge is -2.08. The van der Waals surface area contributed by atoms with Crippen molar-refractivity contribution in [2.45, 2.75) is 13.8 Å². The number of carbonyl (C=O) groups is 1. The van der Waals surface area contributed by atoms with Gasteiger partial charge in [-0.05, 0) is 12.1 Å². The standard InChI is InChI=1S/C10H11ClN2O3/c1-6(2)10(14)12-8-4-3-7(11)5-9(8)13(15)16/h3-6H,1-2H3,(H,12,14). The van der Waals surface area contributed by atoms with E-state index in [2.05, 4.69) is 5.32 Å². The van der Waals surface area contributed by atoms with Gasteiger partial charge < -0.3 is 5.32 Å². The fraction of sp³-hybridized carbons (Fsp3) is 0.300. The molecule has 1 amide bonds. The molecular weight excluding hydrogens is 232 g/mol. The third-order valence-electron chi connectivity index (χ3n) is 1.94. The van der Waals surface area contributed by atoms with Crippen molar-refractivity contribution in [1.29, 1.82) is 0 Å². The Morgan fingerprint density at radius 2 is 2.12 bits per heavy atom. The predicted octanol–water partition coefficient (Wildman–Crippen LogP) is 2.84. The van der Waals surface area contributed by atoms with Crippen LogP contribution in [0.2, 0.25) is 5.02 Å². The van der Waals surface area contributed by atoms with Crippen LogP contribution in [0.25, 0.3) is 0 Å². The van der Waals surface area contributed by atoms with Gasteiger partial charge in [-0.2, -0.15) is 0 Å². The van der Waals surface area contributed by atoms with Crippen LogP contribution in [-0.4, -0.2) is 10.8 Å². The van der Waals surface area contributed by atoms with Crippen LogP contribution in [-0.2, 0) is 4.79 Å². The number of nitro groups is 1. The Labute approximate surface area is 97.6 Å². The topological polar surface area (TPSA) is 72.2 Å². The second-order valence-electron chi connectivity index (χ2n) is 3.56. The number of carbonyl (C=O) groups excluding carboxylic acids is 1. The minimum Gasteiger partial charge on any atom is -0.320 e. The Kier molecular flexibility index (Phi) is 3.84. The van der Waals surface area contributed by atoms with Crippen molar-refractivity contribution >= 4 is 28.9 Å². The van der Waals surface area contributed by atoms with Crippen LogP contribution >= 0.6 is 11.6 Å². The third-order valence-corrected chi connectivity index (χ3v) is 2.17. The summed E-state index contributed by atoms with van der Waals surface area (Å²) in [6, 6.07) is 4.11. The van der Waals surface area contributed by atoms with Gasteiger partial charge in [-0.1, -0.05) is 25.4 Å². The molecule has 0 spiro atoms. The number of rotatable bonds is 3. The van der Waals surface area contributed by atoms with Gasteiger partial charge in [0.15, 0.2) is 0 Å². The summed E-state index contributed by atoms with van der Waals surface area (Å²) in [7, 11) is 0. The predicted molar refractivity (Wildman–Crippen MR) is 61.6 cm³/mol. The number of halogens is 1. The molecule has 0 saturated carbocycles. The van der Waals surface area contributed by atoms with Crippen LogP contribution in [0, 0.1) is 16.0 Å². The fourth-order valence-corrected chi connectivity index (χ4v) is 1.20. The molecule has 1 aromatic rings. The Hall–Kier alpha value is -1.62. The Balaban J connectivity index is 3.04. The molecule has 0 fully saturated rings. The monoisotopic (exact) mass is 242 g/mol. The van der Waals surface area contributed by atoms with Crippen molar-refractivity contribution in [2.24, 2.45) is 5.92 Å². The minimum absolute atomic E-state index is 0.160. The van der Waals surface area contributed by atoms with Gasteiger partial charge in [0.2, 0.25) is 5.91 Å². The zero-order valence-electron chi connectivity index (χ0n) is 8.86. The molecule has 0 unspecified atom stereocenters. The number of nitro benzene ring substituents is 1. The lowest BCUT2D eigenvalue weighted by atomic mass is 10.2. The zero-order valence-corrected chi connectivity index (χ0v) is 9.62. The Bertz CT molecular complexity index is 432. The number of hydrogen-bond acceptors (Lipinski definition) is 3. The lowest BCUT2D eigenvalue weighted by Crippen LogP contribution is -2.18. The summed E-state index contributed by atoms with van der Waals surface area (Å²) in [6.07, 6.45) is 0. The van der Waals surface area contributed by atoms with Gasteiger partial charge in [-0.15, -0.1) is 0 Å². The first-order valence-corrected chi connectivity index (χ1v) is 5.04. The largest absolute Gasteiger partial charge is 0.320 e. The van der Waals surface area contributed by atoms with Crippen molar-refractivity contribution in [3.63, 3.8) is 0 Å². The molecule has 16 heavy (non-hydrogen) atoms. The molecule has 0 radical (unpaired) electrons. The molecule has 0 aliphatic carbocycles. The normalized spacial score (nSPS) is 10.2. The highest BCUT2D eigenvalue weighted by Gasteiger charge is 2.17. The summed E-state index contributed by atoms with van der Waals surface area (Å²) < 4.78 is 0. The van der Waals surface area contributed by atoms with E-state index in [4.69, 9.17) is 11.6 Å². The first-order chi connectivity index (χ1) is 7.41. The average molecular weight is 243 g/mol. The van der Waals surface area contributed by atoms with Crippen LogP contribution < -0.4 is 5.32 Å². The van der Waals surface area contributed by atoms with E-state index >= 15 is 0 Å². The van der Waals surface area contributed by atoms with E-state index in [0.29, 0.717) is 0 Å². The molecule has 0 aliphatic heterocycles. The smallest absolute Gasteiger partial charge is 0.294 e. The second-order valence-corrected chi connectivity index (χ2v) is 4.00. The highest BCUT2D eigenvalue weighted by atomic mass is 35.5. The van der Waals surface area contributed by atoms with Crippen molar-refractivity contribution in [3.05, 3.63) is 33.3 Å². The molecule has 0 aromatic heterocycles. The number of amides is 1. The van der Waals surface area contributed by atoms with E-state index < -0.39 is 4.92 Å². The van der Waals surface area contributed by atoms with Gasteiger partial charge in [0.1, 0.15) is 5.69 Å². The molecule has 0 heterocycles. The number of nitrogens with zero attached hydrogens (tertiary/aromatic N) is 1. The van der Waals surface area contributed by atoms with Crippen molar-refractivity contribution < 1.29 is 9.72 Å². The van der Waals surface area contributed by atoms with E-state index in [1.165, 1.54) is 18.2 Å². The molecule has 86 valence electrons. The molecular formula is C10H11ClN2O3. The maximum Gasteiger partial charge on any atom is 0.294 e. The third kappa shape index (κ3) is 2.93. The summed E-state index contributed by atoms with van der Waals surface area (Å²) in [5, 5.41) is 13.5. The molecule has 0 atom stereocenters. The van der Waals surface area contributed by atoms with Crippen molar-refractivity contribution in [3.8, 4) is 0 Å². The molecule has 6 heteroatoms. The molecule has 1 rings (SSSR count). The number of nitrogens with one attached hydrogen (secondary N) is 1. The molecule has 0 bridgehead atoms. The molecule has 0 saturated heterocycles. The number of benzene rings is 1. The van der Waals surface area contributed by atoms with Crippen molar-refractivity contribution in [2.75, 3.05) is 5.32 Å². The molecule has 1 aromatic carbocycles. The summed E-state index contributed by atoms with van der Waals surface area (Å²) in [5.74, 6) is -0.513. The van der Waals surface area contributed by atoms with Gasteiger partial charge in [0, 0.05) is 17.0 Å². The fourth-order valence-electron chi connectivity index (χ4n) is 1.04. The number of hydrogen-bond donors (Lipinski definition) is 1. The van der Waals surface area contributed by atoms with Crippen LogP contribution in [0.4, 0.5) is 11.4 Å². The van der Waals surface area contributed by atoms with E-state index in [1.54, 1.807) is 13.8 Å². The average Bonchev–Trinajstić information content (AvgIpc) is 2.20. The quantitative estimate of drug-likeness (QED) is 0.654. The maximum atomic E-state index is 11.4. The molecule has 5 nitrogen and oxygen atoms in total. The highest BCUT2D eigenvalue weighted by molar-refractivity contribution is 6.31. The first-order valence-electron chi connectivity index (χ1n) is 4.66. The summed E-state index contributed by atoms with van der Waals surface area (Å²) in [6.45, 7) is 3.41. The molecule has 0 aliphatic rings. The lowest BCUT2D eigenvalue weighted by molar-refractivity contribution is -0.383. The summed E-state index contributed by atoms with van der Waals surface area (Å²) in [5.41, 5.74) is -0.0467. The first kappa shape index (κ1) is 12.4. The Morgan fingerprint density at radius 1 is 1.50 bits per heavy atom.